The van der Waals surface area contributed by atoms with Gasteiger partial charge in [-0.05, 0) is 37.5 Å². The second-order valence-electron chi connectivity index (χ2n) is 4.72. The number of carbonyl (C=O) groups is 2. The van der Waals surface area contributed by atoms with Crippen molar-refractivity contribution >= 4 is 11.9 Å². The summed E-state index contributed by atoms with van der Waals surface area (Å²) in [5.41, 5.74) is 0.673. The highest BCUT2D eigenvalue weighted by atomic mass is 16.6. The molecule has 0 radical (unpaired) electrons. The van der Waals surface area contributed by atoms with Gasteiger partial charge in [0, 0.05) is 7.11 Å². The third-order valence-electron chi connectivity index (χ3n) is 3.47. The number of esters is 2. The normalized spacial score (nSPS) is 21.5. The van der Waals surface area contributed by atoms with Crippen molar-refractivity contribution in [3.63, 3.8) is 0 Å². The Balaban J connectivity index is 2.07. The Labute approximate surface area is 117 Å². The van der Waals surface area contributed by atoms with Gasteiger partial charge in [-0.1, -0.05) is 6.07 Å². The number of benzene rings is 1. The van der Waals surface area contributed by atoms with Crippen LogP contribution in [0.5, 0.6) is 0 Å². The van der Waals surface area contributed by atoms with Crippen molar-refractivity contribution < 1.29 is 23.8 Å². The van der Waals surface area contributed by atoms with Crippen LogP contribution in [0.25, 0.3) is 0 Å². The molecule has 0 aromatic heterocycles. The lowest BCUT2D eigenvalue weighted by Gasteiger charge is -2.18. The van der Waals surface area contributed by atoms with Gasteiger partial charge in [-0.25, -0.2) is 9.59 Å². The van der Waals surface area contributed by atoms with Crippen molar-refractivity contribution in [2.75, 3.05) is 14.2 Å². The molecule has 1 aliphatic rings. The van der Waals surface area contributed by atoms with E-state index in [1.165, 1.54) is 13.2 Å². The maximum Gasteiger partial charge on any atom is 0.338 e. The standard InChI is InChI=1S/C15H18O5/c1-18-12-7-4-8-13(12)20-15(17)11-6-3-5-10(9-11)14(16)19-2/h3,5-6,9,12-13H,4,7-8H2,1-2H3/t12-,13+/m0/s1. The molecule has 0 unspecified atom stereocenters. The summed E-state index contributed by atoms with van der Waals surface area (Å²) in [5.74, 6) is -0.917. The van der Waals surface area contributed by atoms with Gasteiger partial charge in [0.15, 0.2) is 0 Å². The van der Waals surface area contributed by atoms with Gasteiger partial charge >= 0.3 is 11.9 Å². The summed E-state index contributed by atoms with van der Waals surface area (Å²) in [6.45, 7) is 0. The number of carbonyl (C=O) groups excluding carboxylic acids is 2. The van der Waals surface area contributed by atoms with Crippen molar-refractivity contribution in [1.82, 2.24) is 0 Å². The third kappa shape index (κ3) is 3.17. The van der Waals surface area contributed by atoms with E-state index in [2.05, 4.69) is 4.74 Å². The molecule has 0 bridgehead atoms. The molecule has 1 fully saturated rings. The van der Waals surface area contributed by atoms with E-state index in [0.29, 0.717) is 11.1 Å². The van der Waals surface area contributed by atoms with Crippen LogP contribution >= 0.6 is 0 Å². The van der Waals surface area contributed by atoms with Crippen molar-refractivity contribution in [2.45, 2.75) is 31.5 Å². The molecule has 1 aromatic rings. The molecule has 2 rings (SSSR count). The van der Waals surface area contributed by atoms with E-state index in [4.69, 9.17) is 9.47 Å². The fraction of sp³-hybridized carbons (Fsp3) is 0.467. The molecule has 0 amide bonds. The van der Waals surface area contributed by atoms with E-state index in [9.17, 15) is 9.59 Å². The first-order chi connectivity index (χ1) is 9.65. The van der Waals surface area contributed by atoms with Gasteiger partial charge in [0.25, 0.3) is 0 Å². The first kappa shape index (κ1) is 14.5. The maximum absolute atomic E-state index is 12.1. The minimum atomic E-state index is -0.477. The van der Waals surface area contributed by atoms with Gasteiger partial charge in [-0.15, -0.1) is 0 Å². The van der Waals surface area contributed by atoms with Gasteiger partial charge in [0.2, 0.25) is 0 Å². The first-order valence-corrected chi connectivity index (χ1v) is 6.58. The van der Waals surface area contributed by atoms with E-state index in [0.717, 1.165) is 19.3 Å². The highest BCUT2D eigenvalue weighted by Gasteiger charge is 2.30. The van der Waals surface area contributed by atoms with Gasteiger partial charge < -0.3 is 14.2 Å². The molecule has 1 aliphatic carbocycles. The fourth-order valence-electron chi connectivity index (χ4n) is 2.39. The average molecular weight is 278 g/mol. The van der Waals surface area contributed by atoms with Crippen molar-refractivity contribution in [3.05, 3.63) is 35.4 Å². The summed E-state index contributed by atoms with van der Waals surface area (Å²) in [4.78, 5) is 23.5. The molecule has 2 atom stereocenters. The molecule has 5 heteroatoms. The second kappa shape index (κ2) is 6.52. The lowest BCUT2D eigenvalue weighted by atomic mass is 10.1. The molecule has 0 heterocycles. The Kier molecular flexibility index (Phi) is 4.74. The number of rotatable bonds is 4. The zero-order valence-corrected chi connectivity index (χ0v) is 11.6. The molecule has 0 aliphatic heterocycles. The fourth-order valence-corrected chi connectivity index (χ4v) is 2.39. The Morgan fingerprint density at radius 3 is 2.35 bits per heavy atom. The first-order valence-electron chi connectivity index (χ1n) is 6.58. The summed E-state index contributed by atoms with van der Waals surface area (Å²) < 4.78 is 15.4. The lowest BCUT2D eigenvalue weighted by molar-refractivity contribution is -0.0206. The maximum atomic E-state index is 12.1. The molecular formula is C15H18O5. The van der Waals surface area contributed by atoms with Crippen LogP contribution in [0.2, 0.25) is 0 Å². The largest absolute Gasteiger partial charge is 0.465 e. The van der Waals surface area contributed by atoms with Crippen LogP contribution in [0.1, 0.15) is 40.0 Å². The Bertz CT molecular complexity index is 497. The van der Waals surface area contributed by atoms with Gasteiger partial charge in [0.05, 0.1) is 24.3 Å². The van der Waals surface area contributed by atoms with Gasteiger partial charge in [-0.2, -0.15) is 0 Å². The van der Waals surface area contributed by atoms with Crippen LogP contribution in [0.4, 0.5) is 0 Å². The van der Waals surface area contributed by atoms with Gasteiger partial charge in [0.1, 0.15) is 6.10 Å². The quantitative estimate of drug-likeness (QED) is 0.790. The second-order valence-corrected chi connectivity index (χ2v) is 4.72. The van der Waals surface area contributed by atoms with E-state index >= 15 is 0 Å². The van der Waals surface area contributed by atoms with Crippen LogP contribution in [0.3, 0.4) is 0 Å². The van der Waals surface area contributed by atoms with E-state index in [-0.39, 0.29) is 12.2 Å². The highest BCUT2D eigenvalue weighted by molar-refractivity contribution is 5.95. The Hall–Kier alpha value is -1.88. The molecular weight excluding hydrogens is 260 g/mol. The van der Waals surface area contributed by atoms with Crippen molar-refractivity contribution in [3.8, 4) is 0 Å². The Morgan fingerprint density at radius 1 is 1.05 bits per heavy atom. The van der Waals surface area contributed by atoms with Gasteiger partial charge in [-0.3, -0.25) is 0 Å². The van der Waals surface area contributed by atoms with Crippen LogP contribution in [0.15, 0.2) is 24.3 Å². The minimum Gasteiger partial charge on any atom is -0.465 e. The van der Waals surface area contributed by atoms with E-state index in [1.54, 1.807) is 25.3 Å². The molecule has 20 heavy (non-hydrogen) atoms. The average Bonchev–Trinajstić information content (AvgIpc) is 2.93. The summed E-state index contributed by atoms with van der Waals surface area (Å²) in [6, 6.07) is 6.32. The monoisotopic (exact) mass is 278 g/mol. The van der Waals surface area contributed by atoms with Crippen molar-refractivity contribution in [2.24, 2.45) is 0 Å². The Morgan fingerprint density at radius 2 is 1.70 bits per heavy atom. The van der Waals surface area contributed by atoms with E-state index < -0.39 is 11.9 Å². The third-order valence-corrected chi connectivity index (χ3v) is 3.47. The number of ether oxygens (including phenoxy) is 3. The van der Waals surface area contributed by atoms with Crippen LogP contribution in [-0.2, 0) is 14.2 Å². The van der Waals surface area contributed by atoms with Crippen molar-refractivity contribution in [1.29, 1.82) is 0 Å². The zero-order valence-electron chi connectivity index (χ0n) is 11.6. The summed E-state index contributed by atoms with van der Waals surface area (Å²) in [6.07, 6.45) is 2.44. The predicted molar refractivity (Wildman–Crippen MR) is 71.6 cm³/mol. The number of methoxy groups -OCH3 is 2. The molecule has 0 N–H and O–H groups in total. The molecule has 5 nitrogen and oxygen atoms in total. The molecule has 1 aromatic carbocycles. The number of hydrogen-bond donors (Lipinski definition) is 0. The molecule has 0 saturated heterocycles. The summed E-state index contributed by atoms with van der Waals surface area (Å²) in [7, 11) is 2.92. The topological polar surface area (TPSA) is 61.8 Å². The summed E-state index contributed by atoms with van der Waals surface area (Å²) in [5, 5.41) is 0. The van der Waals surface area contributed by atoms with E-state index in [1.807, 2.05) is 0 Å². The predicted octanol–water partition coefficient (Wildman–Crippen LogP) is 2.20. The molecule has 108 valence electrons. The SMILES string of the molecule is COC(=O)c1cccc(C(=O)O[C@@H]2CCC[C@@H]2OC)c1. The lowest BCUT2D eigenvalue weighted by Crippen LogP contribution is -2.27. The van der Waals surface area contributed by atoms with Crippen LogP contribution in [0, 0.1) is 0 Å². The highest BCUT2D eigenvalue weighted by Crippen LogP contribution is 2.25. The van der Waals surface area contributed by atoms with Crippen LogP contribution < -0.4 is 0 Å². The zero-order chi connectivity index (χ0) is 14.5. The minimum absolute atomic E-state index is 0.0391. The number of hydrogen-bond acceptors (Lipinski definition) is 5. The summed E-state index contributed by atoms with van der Waals surface area (Å²) >= 11 is 0. The molecule has 0 spiro atoms. The molecule has 1 saturated carbocycles. The van der Waals surface area contributed by atoms with Crippen LogP contribution in [-0.4, -0.2) is 38.4 Å². The smallest absolute Gasteiger partial charge is 0.338 e.